The van der Waals surface area contributed by atoms with Crippen LogP contribution in [-0.2, 0) is 4.79 Å². The number of rotatable bonds is 6. The Morgan fingerprint density at radius 3 is 2.23 bits per heavy atom. The first-order valence-corrected chi connectivity index (χ1v) is 9.53. The average molecular weight is 420 g/mol. The molecular formula is C23H21N3O3S. The molecule has 3 rings (SSSR count). The molecular weight excluding hydrogens is 398 g/mol. The van der Waals surface area contributed by atoms with Crippen molar-refractivity contribution in [2.24, 2.45) is 0 Å². The van der Waals surface area contributed by atoms with Crippen LogP contribution in [0.4, 0.5) is 11.4 Å². The topological polar surface area (TPSA) is 82.6 Å². The van der Waals surface area contributed by atoms with Crippen molar-refractivity contribution in [1.29, 1.82) is 0 Å². The molecule has 3 aromatic rings. The molecule has 4 N–H and O–H groups in total. The van der Waals surface area contributed by atoms with E-state index in [1.54, 1.807) is 12.6 Å². The van der Waals surface area contributed by atoms with Crippen LogP contribution in [-0.4, -0.2) is 23.3 Å². The quantitative estimate of drug-likeness (QED) is 0.205. The summed E-state index contributed by atoms with van der Waals surface area (Å²) >= 11 is 5.41. The van der Waals surface area contributed by atoms with Crippen LogP contribution in [0.3, 0.4) is 0 Å². The smallest absolute Gasteiger partial charge is 0.267 e. The van der Waals surface area contributed by atoms with Crippen LogP contribution in [0.5, 0.6) is 5.75 Å². The van der Waals surface area contributed by atoms with Gasteiger partial charge in [-0.2, -0.15) is 0 Å². The van der Waals surface area contributed by atoms with E-state index in [1.807, 2.05) is 78.9 Å². The Hall–Kier alpha value is -3.68. The summed E-state index contributed by atoms with van der Waals surface area (Å²) in [5.74, 6) is 0.156. The lowest BCUT2D eigenvalue weighted by Gasteiger charge is -2.13. The lowest BCUT2D eigenvalue weighted by atomic mass is 9.97. The molecule has 30 heavy (non-hydrogen) atoms. The van der Waals surface area contributed by atoms with E-state index < -0.39 is 5.91 Å². The largest absolute Gasteiger partial charge is 0.497 e. The zero-order valence-electron chi connectivity index (χ0n) is 16.3. The maximum atomic E-state index is 11.8. The normalized spacial score (nSPS) is 10.8. The fraction of sp³-hybridized carbons (Fsp3) is 0.0435. The molecule has 0 atom stereocenters. The van der Waals surface area contributed by atoms with Crippen molar-refractivity contribution in [3.05, 3.63) is 96.1 Å². The van der Waals surface area contributed by atoms with E-state index in [1.165, 1.54) is 6.08 Å². The zero-order valence-corrected chi connectivity index (χ0v) is 17.1. The number of carbonyl (C=O) groups is 1. The van der Waals surface area contributed by atoms with Gasteiger partial charge in [0.05, 0.1) is 7.11 Å². The van der Waals surface area contributed by atoms with E-state index in [9.17, 15) is 4.79 Å². The molecule has 152 valence electrons. The van der Waals surface area contributed by atoms with Crippen LogP contribution in [0.25, 0.3) is 5.57 Å². The van der Waals surface area contributed by atoms with Gasteiger partial charge in [-0.05, 0) is 65.3 Å². The highest BCUT2D eigenvalue weighted by molar-refractivity contribution is 7.80. The predicted octanol–water partition coefficient (Wildman–Crippen LogP) is 4.44. The van der Waals surface area contributed by atoms with Crippen molar-refractivity contribution in [3.8, 4) is 5.75 Å². The number of carbonyl (C=O) groups excluding carboxylic acids is 1. The number of amides is 1. The maximum Gasteiger partial charge on any atom is 0.267 e. The monoisotopic (exact) mass is 419 g/mol. The van der Waals surface area contributed by atoms with Crippen LogP contribution in [0.1, 0.15) is 11.1 Å². The number of thiocarbonyl (C=S) groups is 1. The van der Waals surface area contributed by atoms with Crippen molar-refractivity contribution in [2.45, 2.75) is 0 Å². The Morgan fingerprint density at radius 1 is 0.900 bits per heavy atom. The standard InChI is InChI=1S/C23H21N3O3S/c1-29-20-12-10-18(11-13-20)24-23(30)25-19-9-5-8-17(14-19)21(15-22(27)26-28)16-6-3-2-4-7-16/h2-15,28H,1H3,(H,26,27)(H2,24,25,30). The second-order valence-electron chi connectivity index (χ2n) is 6.29. The summed E-state index contributed by atoms with van der Waals surface area (Å²) in [7, 11) is 1.62. The van der Waals surface area contributed by atoms with Gasteiger partial charge in [0.2, 0.25) is 0 Å². The third kappa shape index (κ3) is 5.66. The van der Waals surface area contributed by atoms with Gasteiger partial charge >= 0.3 is 0 Å². The van der Waals surface area contributed by atoms with Crippen molar-refractivity contribution in [3.63, 3.8) is 0 Å². The van der Waals surface area contributed by atoms with Gasteiger partial charge in [0.15, 0.2) is 5.11 Å². The number of nitrogens with one attached hydrogen (secondary N) is 3. The molecule has 0 radical (unpaired) electrons. The summed E-state index contributed by atoms with van der Waals surface area (Å²) in [6.45, 7) is 0. The van der Waals surface area contributed by atoms with Crippen LogP contribution in [0.15, 0.2) is 84.9 Å². The fourth-order valence-corrected chi connectivity index (χ4v) is 3.08. The van der Waals surface area contributed by atoms with E-state index in [2.05, 4.69) is 10.6 Å². The SMILES string of the molecule is COc1ccc(NC(=S)Nc2cccc(C(=CC(=O)NO)c3ccccc3)c2)cc1. The van der Waals surface area contributed by atoms with Gasteiger partial charge in [-0.3, -0.25) is 10.0 Å². The summed E-state index contributed by atoms with van der Waals surface area (Å²) in [4.78, 5) is 11.8. The lowest BCUT2D eigenvalue weighted by molar-refractivity contribution is -0.124. The first-order valence-electron chi connectivity index (χ1n) is 9.12. The minimum absolute atomic E-state index is 0.427. The number of hydrogen-bond donors (Lipinski definition) is 4. The first-order chi connectivity index (χ1) is 14.6. The van der Waals surface area contributed by atoms with Gasteiger partial charge in [0.25, 0.3) is 5.91 Å². The highest BCUT2D eigenvalue weighted by atomic mass is 32.1. The highest BCUT2D eigenvalue weighted by Gasteiger charge is 2.09. The Labute approximate surface area is 180 Å². The average Bonchev–Trinajstić information content (AvgIpc) is 2.78. The van der Waals surface area contributed by atoms with Gasteiger partial charge in [-0.25, -0.2) is 5.48 Å². The van der Waals surface area contributed by atoms with E-state index in [0.29, 0.717) is 10.7 Å². The Morgan fingerprint density at radius 2 is 1.57 bits per heavy atom. The maximum absolute atomic E-state index is 11.8. The summed E-state index contributed by atoms with van der Waals surface area (Å²) in [5, 5.41) is 15.6. The third-order valence-corrected chi connectivity index (χ3v) is 4.45. The number of hydrogen-bond acceptors (Lipinski definition) is 4. The summed E-state index contributed by atoms with van der Waals surface area (Å²) in [6.07, 6.45) is 1.35. The molecule has 0 aromatic heterocycles. The van der Waals surface area contributed by atoms with Crippen LogP contribution < -0.4 is 20.9 Å². The number of hydroxylamine groups is 1. The molecule has 6 nitrogen and oxygen atoms in total. The second-order valence-corrected chi connectivity index (χ2v) is 6.70. The lowest BCUT2D eigenvalue weighted by Crippen LogP contribution is -2.19. The molecule has 0 aliphatic heterocycles. The summed E-state index contributed by atoms with van der Waals surface area (Å²) in [5.41, 5.74) is 5.53. The Bertz CT molecular complexity index is 1050. The Kier molecular flexibility index (Phi) is 7.15. The molecule has 3 aromatic carbocycles. The van der Waals surface area contributed by atoms with Crippen LogP contribution in [0.2, 0.25) is 0 Å². The highest BCUT2D eigenvalue weighted by Crippen LogP contribution is 2.26. The summed E-state index contributed by atoms with van der Waals surface area (Å²) in [6, 6.07) is 24.4. The first kappa shape index (κ1) is 21.0. The molecule has 0 fully saturated rings. The minimum Gasteiger partial charge on any atom is -0.497 e. The molecule has 0 spiro atoms. The van der Waals surface area contributed by atoms with E-state index in [4.69, 9.17) is 22.2 Å². The van der Waals surface area contributed by atoms with Crippen LogP contribution in [0, 0.1) is 0 Å². The summed E-state index contributed by atoms with van der Waals surface area (Å²) < 4.78 is 5.15. The van der Waals surface area contributed by atoms with Gasteiger partial charge in [0.1, 0.15) is 5.75 Å². The van der Waals surface area contributed by atoms with Crippen LogP contribution >= 0.6 is 12.2 Å². The molecule has 0 bridgehead atoms. The molecule has 0 saturated heterocycles. The van der Waals surface area contributed by atoms with Crippen molar-refractivity contribution in [1.82, 2.24) is 5.48 Å². The predicted molar refractivity (Wildman–Crippen MR) is 123 cm³/mol. The number of anilines is 2. The third-order valence-electron chi connectivity index (χ3n) is 4.25. The number of ether oxygens (including phenoxy) is 1. The van der Waals surface area contributed by atoms with Crippen molar-refractivity contribution >= 4 is 40.2 Å². The van der Waals surface area contributed by atoms with Crippen molar-refractivity contribution < 1.29 is 14.7 Å². The van der Waals surface area contributed by atoms with E-state index >= 15 is 0 Å². The molecule has 0 saturated carbocycles. The second kappa shape index (κ2) is 10.2. The molecule has 0 unspecified atom stereocenters. The van der Waals surface area contributed by atoms with E-state index in [0.717, 1.165) is 28.3 Å². The molecule has 0 aliphatic carbocycles. The zero-order chi connectivity index (χ0) is 21.3. The van der Waals surface area contributed by atoms with E-state index in [-0.39, 0.29) is 0 Å². The molecule has 7 heteroatoms. The molecule has 1 amide bonds. The molecule has 0 heterocycles. The van der Waals surface area contributed by atoms with Gasteiger partial charge in [-0.1, -0.05) is 42.5 Å². The van der Waals surface area contributed by atoms with Gasteiger partial charge in [0, 0.05) is 17.5 Å². The molecule has 0 aliphatic rings. The van der Waals surface area contributed by atoms with Crippen molar-refractivity contribution in [2.75, 3.05) is 17.7 Å². The van der Waals surface area contributed by atoms with Gasteiger partial charge < -0.3 is 15.4 Å². The fourth-order valence-electron chi connectivity index (χ4n) is 2.85. The number of methoxy groups -OCH3 is 1. The minimum atomic E-state index is -0.607. The van der Waals surface area contributed by atoms with Gasteiger partial charge in [-0.15, -0.1) is 0 Å². The number of benzene rings is 3. The Balaban J connectivity index is 1.80.